The number of likely N-dealkylation sites (tertiary alicyclic amines) is 1. The third-order valence-corrected chi connectivity index (χ3v) is 6.97. The molecule has 204 valence electrons. The molecule has 1 saturated heterocycles. The fourth-order valence-corrected chi connectivity index (χ4v) is 5.26. The van der Waals surface area contributed by atoms with Crippen molar-refractivity contribution in [2.45, 2.75) is 52.3 Å². The Kier molecular flexibility index (Phi) is 7.58. The van der Waals surface area contributed by atoms with Crippen molar-refractivity contribution in [2.24, 2.45) is 0 Å². The minimum atomic E-state index is -0.786. The van der Waals surface area contributed by atoms with Gasteiger partial charge in [0.25, 0.3) is 11.7 Å². The first-order chi connectivity index (χ1) is 18.9. The van der Waals surface area contributed by atoms with Gasteiger partial charge in [-0.05, 0) is 68.7 Å². The number of nitrogens with zero attached hydrogens (tertiary/aromatic N) is 3. The van der Waals surface area contributed by atoms with E-state index in [0.29, 0.717) is 61.8 Å². The molecule has 0 unspecified atom stereocenters. The fraction of sp³-hybridized carbons (Fsp3) is 0.367. The predicted molar refractivity (Wildman–Crippen MR) is 145 cm³/mol. The molecular formula is C30H33N3O6. The lowest BCUT2D eigenvalue weighted by atomic mass is 9.94. The van der Waals surface area contributed by atoms with E-state index in [1.807, 2.05) is 43.7 Å². The van der Waals surface area contributed by atoms with E-state index in [1.54, 1.807) is 36.8 Å². The van der Waals surface area contributed by atoms with Crippen molar-refractivity contribution in [2.75, 3.05) is 19.8 Å². The Morgan fingerprint density at radius 3 is 2.62 bits per heavy atom. The molecule has 1 fully saturated rings. The molecule has 1 aromatic heterocycles. The highest BCUT2D eigenvalue weighted by atomic mass is 16.5. The van der Waals surface area contributed by atoms with Crippen molar-refractivity contribution in [3.05, 3.63) is 77.4 Å². The Hall–Kier alpha value is -4.27. The SMILES string of the molecule is CCOc1ccc([C@H]2C(=C(O)c3ccc4c(c3)C[C@H](C)O4)C(=O)C(=O)N2CCCn2ccnc2)cc1OCC. The van der Waals surface area contributed by atoms with E-state index in [0.717, 1.165) is 11.3 Å². The molecular weight excluding hydrogens is 498 g/mol. The van der Waals surface area contributed by atoms with Gasteiger partial charge in [0, 0.05) is 37.5 Å². The van der Waals surface area contributed by atoms with Crippen LogP contribution < -0.4 is 14.2 Å². The molecule has 0 aliphatic carbocycles. The van der Waals surface area contributed by atoms with Gasteiger partial charge in [0.2, 0.25) is 0 Å². The average molecular weight is 532 g/mol. The van der Waals surface area contributed by atoms with Crippen molar-refractivity contribution in [1.29, 1.82) is 0 Å². The highest BCUT2D eigenvalue weighted by molar-refractivity contribution is 6.46. The molecule has 0 spiro atoms. The Morgan fingerprint density at radius 1 is 1.08 bits per heavy atom. The lowest BCUT2D eigenvalue weighted by Crippen LogP contribution is -2.31. The monoisotopic (exact) mass is 531 g/mol. The first-order valence-electron chi connectivity index (χ1n) is 13.3. The first-order valence-corrected chi connectivity index (χ1v) is 13.3. The fourth-order valence-electron chi connectivity index (χ4n) is 5.26. The molecule has 2 aromatic carbocycles. The predicted octanol–water partition coefficient (Wildman–Crippen LogP) is 4.52. The molecule has 9 heteroatoms. The van der Waals surface area contributed by atoms with Gasteiger partial charge in [0.15, 0.2) is 11.5 Å². The van der Waals surface area contributed by atoms with Crippen LogP contribution in [0, 0.1) is 0 Å². The maximum atomic E-state index is 13.5. The van der Waals surface area contributed by atoms with Crippen LogP contribution in [0.2, 0.25) is 0 Å². The van der Waals surface area contributed by atoms with Crippen LogP contribution in [-0.2, 0) is 22.6 Å². The third kappa shape index (κ3) is 5.21. The van der Waals surface area contributed by atoms with Gasteiger partial charge in [-0.2, -0.15) is 0 Å². The maximum Gasteiger partial charge on any atom is 0.295 e. The van der Waals surface area contributed by atoms with Crippen molar-refractivity contribution in [3.8, 4) is 17.2 Å². The van der Waals surface area contributed by atoms with E-state index < -0.39 is 17.7 Å². The number of hydrogen-bond acceptors (Lipinski definition) is 7. The quantitative estimate of drug-likeness (QED) is 0.233. The van der Waals surface area contributed by atoms with E-state index >= 15 is 0 Å². The molecule has 2 aliphatic rings. The third-order valence-electron chi connectivity index (χ3n) is 6.97. The lowest BCUT2D eigenvalue weighted by Gasteiger charge is -2.26. The topological polar surface area (TPSA) is 103 Å². The van der Waals surface area contributed by atoms with Crippen LogP contribution in [-0.4, -0.2) is 57.1 Å². The minimum absolute atomic E-state index is 0.0410. The number of carbonyl (C=O) groups excluding carboxylic acids is 2. The average Bonchev–Trinajstić information content (AvgIpc) is 3.63. The molecule has 2 aliphatic heterocycles. The zero-order valence-corrected chi connectivity index (χ0v) is 22.4. The van der Waals surface area contributed by atoms with Crippen LogP contribution in [0.15, 0.2) is 60.7 Å². The van der Waals surface area contributed by atoms with Gasteiger partial charge in [-0.15, -0.1) is 0 Å². The standard InChI is InChI=1S/C30H33N3O6/c1-4-37-24-10-7-20(17-25(24)38-5-2)27-26(28(34)21-8-9-23-22(16-21)15-19(3)39-23)29(35)30(36)33(27)13-6-12-32-14-11-31-18-32/h7-11,14,16-19,27,34H,4-6,12-13,15H2,1-3H3/t19-,27-/m0/s1. The Bertz CT molecular complexity index is 1400. The summed E-state index contributed by atoms with van der Waals surface area (Å²) in [6, 6.07) is 9.96. The summed E-state index contributed by atoms with van der Waals surface area (Å²) in [7, 11) is 0. The van der Waals surface area contributed by atoms with E-state index in [2.05, 4.69) is 4.98 Å². The summed E-state index contributed by atoms with van der Waals surface area (Å²) in [6.45, 7) is 7.58. The number of carbonyl (C=O) groups is 2. The molecule has 3 aromatic rings. The molecule has 3 heterocycles. The van der Waals surface area contributed by atoms with Gasteiger partial charge in [0.1, 0.15) is 17.6 Å². The number of ketones is 1. The molecule has 9 nitrogen and oxygen atoms in total. The number of aromatic nitrogens is 2. The number of fused-ring (bicyclic) bond motifs is 1. The highest BCUT2D eigenvalue weighted by Crippen LogP contribution is 2.43. The van der Waals surface area contributed by atoms with Crippen molar-refractivity contribution in [3.63, 3.8) is 0 Å². The minimum Gasteiger partial charge on any atom is -0.507 e. The second kappa shape index (κ2) is 11.2. The number of amides is 1. The summed E-state index contributed by atoms with van der Waals surface area (Å²) in [5.74, 6) is 0.305. The van der Waals surface area contributed by atoms with Crippen LogP contribution in [0.3, 0.4) is 0 Å². The van der Waals surface area contributed by atoms with Crippen molar-refractivity contribution >= 4 is 17.4 Å². The molecule has 0 saturated carbocycles. The van der Waals surface area contributed by atoms with Crippen molar-refractivity contribution < 1.29 is 28.9 Å². The summed E-state index contributed by atoms with van der Waals surface area (Å²) < 4.78 is 19.3. The van der Waals surface area contributed by atoms with E-state index in [9.17, 15) is 14.7 Å². The number of ether oxygens (including phenoxy) is 3. The van der Waals surface area contributed by atoms with E-state index in [-0.39, 0.29) is 17.4 Å². The number of rotatable bonds is 10. The number of hydrogen-bond donors (Lipinski definition) is 1. The second-order valence-corrected chi connectivity index (χ2v) is 9.67. The molecule has 5 rings (SSSR count). The molecule has 39 heavy (non-hydrogen) atoms. The number of aliphatic hydroxyl groups is 1. The smallest absolute Gasteiger partial charge is 0.295 e. The number of aliphatic hydroxyl groups excluding tert-OH is 1. The largest absolute Gasteiger partial charge is 0.507 e. The number of Topliss-reactive ketones (excluding diaryl/α,β-unsaturated/α-hetero) is 1. The number of imidazole rings is 1. The van der Waals surface area contributed by atoms with Gasteiger partial charge in [-0.1, -0.05) is 6.07 Å². The summed E-state index contributed by atoms with van der Waals surface area (Å²) in [6.07, 6.45) is 6.61. The van der Waals surface area contributed by atoms with Gasteiger partial charge >= 0.3 is 0 Å². The van der Waals surface area contributed by atoms with E-state index in [1.165, 1.54) is 4.90 Å². The summed E-state index contributed by atoms with van der Waals surface area (Å²) >= 11 is 0. The van der Waals surface area contributed by atoms with Crippen LogP contribution in [0.25, 0.3) is 5.76 Å². The van der Waals surface area contributed by atoms with Gasteiger partial charge < -0.3 is 28.8 Å². The first kappa shape index (κ1) is 26.3. The number of aryl methyl sites for hydroxylation is 1. The normalized spacial score (nSPS) is 19.7. The van der Waals surface area contributed by atoms with Crippen LogP contribution in [0.4, 0.5) is 0 Å². The highest BCUT2D eigenvalue weighted by Gasteiger charge is 2.46. The van der Waals surface area contributed by atoms with Crippen LogP contribution in [0.5, 0.6) is 17.2 Å². The molecule has 2 atom stereocenters. The summed E-state index contributed by atoms with van der Waals surface area (Å²) in [5.41, 5.74) is 2.14. The Morgan fingerprint density at radius 2 is 1.87 bits per heavy atom. The van der Waals surface area contributed by atoms with E-state index in [4.69, 9.17) is 14.2 Å². The molecule has 1 amide bonds. The number of benzene rings is 2. The molecule has 0 bridgehead atoms. The summed E-state index contributed by atoms with van der Waals surface area (Å²) in [4.78, 5) is 32.4. The maximum absolute atomic E-state index is 13.5. The molecule has 1 N–H and O–H groups in total. The zero-order valence-electron chi connectivity index (χ0n) is 22.4. The Balaban J connectivity index is 1.57. The molecule has 0 radical (unpaired) electrons. The zero-order chi connectivity index (χ0) is 27.5. The summed E-state index contributed by atoms with van der Waals surface area (Å²) in [5, 5.41) is 11.5. The van der Waals surface area contributed by atoms with Crippen LogP contribution in [0.1, 0.15) is 49.9 Å². The lowest BCUT2D eigenvalue weighted by molar-refractivity contribution is -0.139. The Labute approximate surface area is 227 Å². The van der Waals surface area contributed by atoms with Crippen molar-refractivity contribution in [1.82, 2.24) is 14.5 Å². The van der Waals surface area contributed by atoms with Gasteiger partial charge in [-0.3, -0.25) is 9.59 Å². The van der Waals surface area contributed by atoms with Gasteiger partial charge in [-0.25, -0.2) is 4.98 Å². The second-order valence-electron chi connectivity index (χ2n) is 9.67. The van der Waals surface area contributed by atoms with Crippen LogP contribution >= 0.6 is 0 Å². The van der Waals surface area contributed by atoms with Gasteiger partial charge in [0.05, 0.1) is 31.2 Å².